The average Bonchev–Trinajstić information content (AvgIpc) is 2.93. The lowest BCUT2D eigenvalue weighted by atomic mass is 9.91. The van der Waals surface area contributed by atoms with Gasteiger partial charge >= 0.3 is 0 Å². The minimum atomic E-state index is -3.39. The Hall–Kier alpha value is -1.40. The van der Waals surface area contributed by atoms with Gasteiger partial charge in [0.1, 0.15) is 0 Å². The monoisotopic (exact) mass is 362 g/mol. The highest BCUT2D eigenvalue weighted by Gasteiger charge is 2.48. The van der Waals surface area contributed by atoms with Crippen molar-refractivity contribution < 1.29 is 8.42 Å². The summed E-state index contributed by atoms with van der Waals surface area (Å²) in [5, 5.41) is 0.771. The van der Waals surface area contributed by atoms with E-state index in [9.17, 15) is 8.42 Å². The number of halogens is 1. The molecule has 0 N–H and O–H groups in total. The van der Waals surface area contributed by atoms with E-state index in [2.05, 4.69) is 4.90 Å². The van der Waals surface area contributed by atoms with Gasteiger partial charge in [0.25, 0.3) is 0 Å². The molecule has 4 rings (SSSR count). The zero-order valence-electron chi connectivity index (χ0n) is 13.2. The minimum Gasteiger partial charge on any atom is -0.294 e. The number of likely N-dealkylation sites (tertiary alicyclic amines) is 1. The highest BCUT2D eigenvalue weighted by atomic mass is 35.5. The molecular weight excluding hydrogens is 344 g/mol. The summed E-state index contributed by atoms with van der Waals surface area (Å²) in [5.41, 5.74) is 1.10. The van der Waals surface area contributed by atoms with E-state index < -0.39 is 10.0 Å². The van der Waals surface area contributed by atoms with Crippen molar-refractivity contribution in [2.24, 2.45) is 5.92 Å². The van der Waals surface area contributed by atoms with Crippen molar-refractivity contribution in [3.8, 4) is 0 Å². The van der Waals surface area contributed by atoms with Gasteiger partial charge in [0.2, 0.25) is 10.0 Å². The van der Waals surface area contributed by atoms with Crippen molar-refractivity contribution in [2.45, 2.75) is 17.5 Å². The van der Waals surface area contributed by atoms with E-state index in [1.165, 1.54) is 0 Å². The van der Waals surface area contributed by atoms with E-state index in [-0.39, 0.29) is 0 Å². The molecule has 2 unspecified atom stereocenters. The molecular formula is C18H19ClN2O2S. The van der Waals surface area contributed by atoms with Gasteiger partial charge in [-0.25, -0.2) is 8.42 Å². The maximum atomic E-state index is 12.8. The molecule has 6 heteroatoms. The van der Waals surface area contributed by atoms with Crippen molar-refractivity contribution in [1.29, 1.82) is 0 Å². The van der Waals surface area contributed by atoms with Crippen molar-refractivity contribution in [3.63, 3.8) is 0 Å². The van der Waals surface area contributed by atoms with Gasteiger partial charge in [-0.2, -0.15) is 4.31 Å². The summed E-state index contributed by atoms with van der Waals surface area (Å²) in [7, 11) is -3.39. The molecule has 0 spiro atoms. The maximum Gasteiger partial charge on any atom is 0.243 e. The predicted octanol–water partition coefficient (Wildman–Crippen LogP) is 2.84. The van der Waals surface area contributed by atoms with Gasteiger partial charge in [-0.15, -0.1) is 0 Å². The van der Waals surface area contributed by atoms with Crippen LogP contribution in [0.3, 0.4) is 0 Å². The molecule has 2 atom stereocenters. The largest absolute Gasteiger partial charge is 0.294 e. The van der Waals surface area contributed by atoms with E-state index in [1.54, 1.807) is 28.6 Å². The maximum absolute atomic E-state index is 12.8. The molecule has 2 aliphatic rings. The summed E-state index contributed by atoms with van der Waals surface area (Å²) in [6, 6.07) is 16.8. The van der Waals surface area contributed by atoms with Crippen LogP contribution in [0.1, 0.15) is 5.56 Å². The average molecular weight is 363 g/mol. The highest BCUT2D eigenvalue weighted by Crippen LogP contribution is 2.36. The summed E-state index contributed by atoms with van der Waals surface area (Å²) in [4.78, 5) is 2.70. The molecule has 4 nitrogen and oxygen atoms in total. The third-order valence-electron chi connectivity index (χ3n) is 5.02. The van der Waals surface area contributed by atoms with Crippen molar-refractivity contribution in [2.75, 3.05) is 19.6 Å². The molecule has 2 fully saturated rings. The number of rotatable bonds is 4. The molecule has 126 valence electrons. The van der Waals surface area contributed by atoms with E-state index >= 15 is 0 Å². The fourth-order valence-corrected chi connectivity index (χ4v) is 5.40. The van der Waals surface area contributed by atoms with Crippen molar-refractivity contribution in [3.05, 3.63) is 65.2 Å². The van der Waals surface area contributed by atoms with Crippen LogP contribution in [0, 0.1) is 5.92 Å². The Bertz CT molecular complexity index is 841. The minimum absolute atomic E-state index is 0.291. The molecule has 2 aromatic rings. The van der Waals surface area contributed by atoms with Crippen LogP contribution in [0.25, 0.3) is 0 Å². The second-order valence-corrected chi connectivity index (χ2v) is 8.83. The summed E-state index contributed by atoms with van der Waals surface area (Å²) in [6.07, 6.45) is 0. The van der Waals surface area contributed by atoms with Gasteiger partial charge in [0.05, 0.1) is 4.90 Å². The summed E-state index contributed by atoms with van der Waals surface area (Å²) < 4.78 is 27.1. The van der Waals surface area contributed by atoms with E-state index in [0.717, 1.165) is 23.7 Å². The third kappa shape index (κ3) is 2.75. The van der Waals surface area contributed by atoms with Crippen LogP contribution in [-0.2, 0) is 16.6 Å². The molecule has 2 saturated heterocycles. The molecule has 0 radical (unpaired) electrons. The van der Waals surface area contributed by atoms with Crippen LogP contribution < -0.4 is 0 Å². The Morgan fingerprint density at radius 3 is 2.42 bits per heavy atom. The van der Waals surface area contributed by atoms with Gasteiger partial charge in [-0.3, -0.25) is 4.90 Å². The summed E-state index contributed by atoms with van der Waals surface area (Å²) in [5.74, 6) is 0.422. The van der Waals surface area contributed by atoms with Gasteiger partial charge in [0, 0.05) is 43.2 Å². The molecule has 24 heavy (non-hydrogen) atoms. The normalized spacial score (nSPS) is 24.5. The number of sulfonamides is 1. The van der Waals surface area contributed by atoms with Crippen molar-refractivity contribution >= 4 is 21.6 Å². The van der Waals surface area contributed by atoms with E-state index in [4.69, 9.17) is 11.6 Å². The SMILES string of the molecule is O=S(=O)(c1ccccc1)N1CC2CN(Cc3ccccc3Cl)C2C1. The number of benzene rings is 2. The number of hydrogen-bond acceptors (Lipinski definition) is 3. The smallest absolute Gasteiger partial charge is 0.243 e. The first-order chi connectivity index (χ1) is 11.6. The standard InChI is InChI=1S/C18H19ClN2O2S/c19-17-9-5-4-6-14(17)10-20-11-15-12-21(13-18(15)20)24(22,23)16-7-2-1-3-8-16/h1-9,15,18H,10-13H2. The number of hydrogen-bond donors (Lipinski definition) is 0. The Morgan fingerprint density at radius 2 is 1.67 bits per heavy atom. The van der Waals surface area contributed by atoms with Gasteiger partial charge < -0.3 is 0 Å². The molecule has 0 saturated carbocycles. The van der Waals surface area contributed by atoms with E-state index in [1.807, 2.05) is 30.3 Å². The lowest BCUT2D eigenvalue weighted by Gasteiger charge is -2.43. The summed E-state index contributed by atoms with van der Waals surface area (Å²) in [6.45, 7) is 2.88. The van der Waals surface area contributed by atoms with Gasteiger partial charge in [0.15, 0.2) is 0 Å². The molecule has 0 aliphatic carbocycles. The van der Waals surface area contributed by atoms with Gasteiger partial charge in [-0.1, -0.05) is 48.0 Å². The van der Waals surface area contributed by atoms with Crippen LogP contribution in [0.15, 0.2) is 59.5 Å². The van der Waals surface area contributed by atoms with Gasteiger partial charge in [-0.05, 0) is 23.8 Å². The zero-order chi connectivity index (χ0) is 16.7. The first-order valence-electron chi connectivity index (χ1n) is 8.08. The second kappa shape index (κ2) is 6.15. The van der Waals surface area contributed by atoms with Crippen LogP contribution in [0.2, 0.25) is 5.02 Å². The predicted molar refractivity (Wildman–Crippen MR) is 94.3 cm³/mol. The summed E-state index contributed by atoms with van der Waals surface area (Å²) >= 11 is 6.24. The Morgan fingerprint density at radius 1 is 0.958 bits per heavy atom. The van der Waals surface area contributed by atoms with Crippen LogP contribution in [0.5, 0.6) is 0 Å². The Labute approximate surface area is 147 Å². The zero-order valence-corrected chi connectivity index (χ0v) is 14.7. The lowest BCUT2D eigenvalue weighted by Crippen LogP contribution is -2.54. The number of nitrogens with zero attached hydrogens (tertiary/aromatic N) is 2. The molecule has 2 aliphatic heterocycles. The number of fused-ring (bicyclic) bond motifs is 1. The van der Waals surface area contributed by atoms with Crippen molar-refractivity contribution in [1.82, 2.24) is 9.21 Å². The topological polar surface area (TPSA) is 40.6 Å². The fourth-order valence-electron chi connectivity index (χ4n) is 3.67. The molecule has 0 bridgehead atoms. The first kappa shape index (κ1) is 16.1. The molecule has 2 heterocycles. The third-order valence-corrected chi connectivity index (χ3v) is 7.24. The lowest BCUT2D eigenvalue weighted by molar-refractivity contribution is 0.0435. The highest BCUT2D eigenvalue weighted by molar-refractivity contribution is 7.89. The van der Waals surface area contributed by atoms with Crippen LogP contribution in [0.4, 0.5) is 0 Å². The van der Waals surface area contributed by atoms with E-state index in [0.29, 0.717) is 29.9 Å². The first-order valence-corrected chi connectivity index (χ1v) is 9.90. The second-order valence-electron chi connectivity index (χ2n) is 6.48. The van der Waals surface area contributed by atoms with Crippen LogP contribution >= 0.6 is 11.6 Å². The fraction of sp³-hybridized carbons (Fsp3) is 0.333. The molecule has 0 amide bonds. The quantitative estimate of drug-likeness (QED) is 0.839. The molecule has 2 aromatic carbocycles. The Kier molecular flexibility index (Phi) is 4.12. The molecule has 0 aromatic heterocycles. The van der Waals surface area contributed by atoms with Crippen LogP contribution in [-0.4, -0.2) is 43.3 Å². The Balaban J connectivity index is 1.47.